The molecule has 0 saturated heterocycles. The van der Waals surface area contributed by atoms with E-state index >= 15 is 0 Å². The van der Waals surface area contributed by atoms with Crippen molar-refractivity contribution in [1.82, 2.24) is 4.98 Å². The normalized spacial score (nSPS) is 10.4. The van der Waals surface area contributed by atoms with Crippen LogP contribution in [0, 0.1) is 11.3 Å². The molecule has 22 heavy (non-hydrogen) atoms. The number of nitriles is 1. The van der Waals surface area contributed by atoms with Crippen LogP contribution in [0.3, 0.4) is 0 Å². The average molecular weight is 306 g/mol. The summed E-state index contributed by atoms with van der Waals surface area (Å²) in [5.74, 6) is 0. The standard InChI is InChI=1S/C17H14N4S/c1-22-13-5-2-4-12(8-13)21-16-11(9-18)10-20-17-14(16)6-3-7-15(17)19/h2-8,10H,19H2,1H3,(H,20,21). The molecular weight excluding hydrogens is 292 g/mol. The van der Waals surface area contributed by atoms with E-state index in [1.54, 1.807) is 24.0 Å². The molecule has 0 aliphatic carbocycles. The molecule has 5 heteroatoms. The number of nitrogens with zero attached hydrogens (tertiary/aromatic N) is 2. The number of hydrogen-bond donors (Lipinski definition) is 2. The largest absolute Gasteiger partial charge is 0.397 e. The van der Waals surface area contributed by atoms with E-state index < -0.39 is 0 Å². The monoisotopic (exact) mass is 306 g/mol. The van der Waals surface area contributed by atoms with E-state index in [-0.39, 0.29) is 0 Å². The highest BCUT2D eigenvalue weighted by Gasteiger charge is 2.11. The number of rotatable bonds is 3. The van der Waals surface area contributed by atoms with Gasteiger partial charge in [-0.15, -0.1) is 11.8 Å². The number of thioether (sulfide) groups is 1. The van der Waals surface area contributed by atoms with E-state index in [0.717, 1.165) is 21.7 Å². The number of hydrogen-bond acceptors (Lipinski definition) is 5. The van der Waals surface area contributed by atoms with Crippen LogP contribution in [-0.2, 0) is 0 Å². The SMILES string of the molecule is CSc1cccc(Nc2c(C#N)cnc3c(N)cccc23)c1. The number of nitrogens with two attached hydrogens (primary N) is 1. The topological polar surface area (TPSA) is 74.7 Å². The Labute approximate surface area is 133 Å². The molecule has 0 atom stereocenters. The Morgan fingerprint density at radius 1 is 1.23 bits per heavy atom. The molecule has 1 heterocycles. The van der Waals surface area contributed by atoms with Gasteiger partial charge in [0, 0.05) is 22.2 Å². The van der Waals surface area contributed by atoms with Crippen molar-refractivity contribution in [2.45, 2.75) is 4.90 Å². The molecule has 0 spiro atoms. The van der Waals surface area contributed by atoms with Gasteiger partial charge in [0.15, 0.2) is 0 Å². The Bertz CT molecular complexity index is 883. The highest BCUT2D eigenvalue weighted by Crippen LogP contribution is 2.32. The lowest BCUT2D eigenvalue weighted by Crippen LogP contribution is -1.98. The maximum atomic E-state index is 9.36. The predicted octanol–water partition coefficient (Wildman–Crippen LogP) is 4.15. The highest BCUT2D eigenvalue weighted by molar-refractivity contribution is 7.98. The summed E-state index contributed by atoms with van der Waals surface area (Å²) < 4.78 is 0. The first-order valence-corrected chi connectivity index (χ1v) is 7.94. The van der Waals surface area contributed by atoms with Gasteiger partial charge in [-0.3, -0.25) is 4.98 Å². The van der Waals surface area contributed by atoms with E-state index in [4.69, 9.17) is 5.73 Å². The van der Waals surface area contributed by atoms with E-state index in [2.05, 4.69) is 16.4 Å². The zero-order valence-electron chi connectivity index (χ0n) is 12.0. The highest BCUT2D eigenvalue weighted by atomic mass is 32.2. The maximum absolute atomic E-state index is 9.36. The molecule has 0 saturated carbocycles. The Morgan fingerprint density at radius 2 is 2.05 bits per heavy atom. The average Bonchev–Trinajstić information content (AvgIpc) is 2.56. The number of nitrogen functional groups attached to an aromatic ring is 1. The smallest absolute Gasteiger partial charge is 0.103 e. The van der Waals surface area contributed by atoms with Gasteiger partial charge in [-0.1, -0.05) is 18.2 Å². The molecule has 2 aromatic carbocycles. The minimum absolute atomic E-state index is 0.493. The summed E-state index contributed by atoms with van der Waals surface area (Å²) in [5, 5.41) is 13.5. The fourth-order valence-corrected chi connectivity index (χ4v) is 2.77. The van der Waals surface area contributed by atoms with Gasteiger partial charge in [0.2, 0.25) is 0 Å². The summed E-state index contributed by atoms with van der Waals surface area (Å²) in [6.45, 7) is 0. The summed E-state index contributed by atoms with van der Waals surface area (Å²) in [6.07, 6.45) is 3.59. The Kier molecular flexibility index (Phi) is 3.86. The van der Waals surface area contributed by atoms with Crippen LogP contribution in [0.25, 0.3) is 10.9 Å². The molecule has 0 amide bonds. The number of nitrogens with one attached hydrogen (secondary N) is 1. The molecule has 3 N–H and O–H groups in total. The summed E-state index contributed by atoms with van der Waals surface area (Å²) in [6, 6.07) is 15.8. The third-order valence-corrected chi connectivity index (χ3v) is 4.11. The first-order chi connectivity index (χ1) is 10.7. The van der Waals surface area contributed by atoms with Crippen LogP contribution in [0.5, 0.6) is 0 Å². The number of anilines is 3. The molecule has 1 aromatic heterocycles. The second-order valence-electron chi connectivity index (χ2n) is 4.76. The summed E-state index contributed by atoms with van der Waals surface area (Å²) in [7, 11) is 0. The molecule has 0 aliphatic rings. The second-order valence-corrected chi connectivity index (χ2v) is 5.64. The molecule has 0 radical (unpaired) electrons. The molecule has 3 rings (SSSR count). The molecule has 4 nitrogen and oxygen atoms in total. The molecule has 0 unspecified atom stereocenters. The summed E-state index contributed by atoms with van der Waals surface area (Å²) in [5.41, 5.74) is 9.43. The molecule has 3 aromatic rings. The molecule has 0 bridgehead atoms. The van der Waals surface area contributed by atoms with Crippen LogP contribution in [0.4, 0.5) is 17.1 Å². The zero-order chi connectivity index (χ0) is 15.5. The lowest BCUT2D eigenvalue weighted by molar-refractivity contribution is 1.36. The van der Waals surface area contributed by atoms with Crippen molar-refractivity contribution in [2.75, 3.05) is 17.3 Å². The van der Waals surface area contributed by atoms with Crippen molar-refractivity contribution in [3.63, 3.8) is 0 Å². The summed E-state index contributed by atoms with van der Waals surface area (Å²) >= 11 is 1.67. The number of benzene rings is 2. The van der Waals surface area contributed by atoms with Crippen LogP contribution >= 0.6 is 11.8 Å². The quantitative estimate of drug-likeness (QED) is 0.561. The van der Waals surface area contributed by atoms with Gasteiger partial charge in [0.05, 0.1) is 22.5 Å². The third-order valence-electron chi connectivity index (χ3n) is 3.39. The number of aromatic nitrogens is 1. The van der Waals surface area contributed by atoms with Crippen molar-refractivity contribution in [1.29, 1.82) is 5.26 Å². The summed E-state index contributed by atoms with van der Waals surface area (Å²) in [4.78, 5) is 5.45. The Hall–Kier alpha value is -2.71. The van der Waals surface area contributed by atoms with Crippen LogP contribution in [-0.4, -0.2) is 11.2 Å². The molecule has 0 aliphatic heterocycles. The minimum atomic E-state index is 0.493. The lowest BCUT2D eigenvalue weighted by Gasteiger charge is -2.13. The van der Waals surface area contributed by atoms with Crippen LogP contribution in [0.2, 0.25) is 0 Å². The van der Waals surface area contributed by atoms with Gasteiger partial charge in [0.25, 0.3) is 0 Å². The van der Waals surface area contributed by atoms with Crippen LogP contribution in [0.1, 0.15) is 5.56 Å². The van der Waals surface area contributed by atoms with Gasteiger partial charge in [-0.25, -0.2) is 0 Å². The Morgan fingerprint density at radius 3 is 2.82 bits per heavy atom. The first kappa shape index (κ1) is 14.2. The molecule has 108 valence electrons. The maximum Gasteiger partial charge on any atom is 0.103 e. The number of pyridine rings is 1. The predicted molar refractivity (Wildman–Crippen MR) is 92.4 cm³/mol. The first-order valence-electron chi connectivity index (χ1n) is 6.71. The molecule has 0 fully saturated rings. The van der Waals surface area contributed by atoms with Gasteiger partial charge >= 0.3 is 0 Å². The Balaban J connectivity index is 2.16. The van der Waals surface area contributed by atoms with Crippen molar-refractivity contribution >= 4 is 39.7 Å². The zero-order valence-corrected chi connectivity index (χ0v) is 12.8. The van der Waals surface area contributed by atoms with Gasteiger partial charge < -0.3 is 11.1 Å². The van der Waals surface area contributed by atoms with E-state index in [1.807, 2.05) is 42.7 Å². The number of fused-ring (bicyclic) bond motifs is 1. The van der Waals surface area contributed by atoms with Gasteiger partial charge in [-0.2, -0.15) is 5.26 Å². The van der Waals surface area contributed by atoms with Crippen LogP contribution < -0.4 is 11.1 Å². The van der Waals surface area contributed by atoms with Crippen molar-refractivity contribution in [2.24, 2.45) is 0 Å². The second kappa shape index (κ2) is 5.96. The minimum Gasteiger partial charge on any atom is -0.397 e. The molecular formula is C17H14N4S. The lowest BCUT2D eigenvalue weighted by atomic mass is 10.1. The van der Waals surface area contributed by atoms with Gasteiger partial charge in [0.1, 0.15) is 6.07 Å². The fraction of sp³-hybridized carbons (Fsp3) is 0.0588. The van der Waals surface area contributed by atoms with Crippen molar-refractivity contribution < 1.29 is 0 Å². The number of para-hydroxylation sites is 1. The third kappa shape index (κ3) is 2.57. The van der Waals surface area contributed by atoms with E-state index in [9.17, 15) is 5.26 Å². The fourth-order valence-electron chi connectivity index (χ4n) is 2.31. The van der Waals surface area contributed by atoms with E-state index in [1.165, 1.54) is 0 Å². The van der Waals surface area contributed by atoms with E-state index in [0.29, 0.717) is 16.8 Å². The van der Waals surface area contributed by atoms with Crippen molar-refractivity contribution in [3.8, 4) is 6.07 Å². The van der Waals surface area contributed by atoms with Crippen LogP contribution in [0.15, 0.2) is 53.6 Å². The van der Waals surface area contributed by atoms with Gasteiger partial charge in [-0.05, 0) is 30.5 Å². The van der Waals surface area contributed by atoms with Crippen molar-refractivity contribution in [3.05, 3.63) is 54.2 Å².